The van der Waals surface area contributed by atoms with Crippen LogP contribution in [-0.2, 0) is 6.42 Å². The molecule has 0 spiro atoms. The molecule has 4 heteroatoms. The Morgan fingerprint density at radius 1 is 1.26 bits per heavy atom. The molecule has 1 aromatic rings. The zero-order valence-electron chi connectivity index (χ0n) is 12.0. The number of rotatable bonds is 5. The van der Waals surface area contributed by atoms with Crippen LogP contribution >= 0.6 is 11.8 Å². The Morgan fingerprint density at radius 2 is 2.05 bits per heavy atom. The molecule has 106 valence electrons. The Kier molecular flexibility index (Phi) is 5.40. The summed E-state index contributed by atoms with van der Waals surface area (Å²) in [4.78, 5) is 1.13. The molecule has 1 heterocycles. The van der Waals surface area contributed by atoms with Gasteiger partial charge >= 0.3 is 0 Å². The molecule has 3 nitrogen and oxygen atoms in total. The van der Waals surface area contributed by atoms with Gasteiger partial charge in [0.05, 0.1) is 19.1 Å². The number of methoxy groups -OCH3 is 2. The van der Waals surface area contributed by atoms with E-state index in [1.165, 1.54) is 18.4 Å². The lowest BCUT2D eigenvalue weighted by Gasteiger charge is -2.24. The molecular formula is C15H23NO2S. The van der Waals surface area contributed by atoms with Crippen LogP contribution in [0.3, 0.4) is 0 Å². The molecule has 1 unspecified atom stereocenters. The molecule has 1 N–H and O–H groups in total. The molecule has 0 saturated carbocycles. The van der Waals surface area contributed by atoms with Crippen molar-refractivity contribution in [2.75, 3.05) is 33.6 Å². The van der Waals surface area contributed by atoms with Crippen molar-refractivity contribution in [1.82, 2.24) is 5.32 Å². The molecule has 2 rings (SSSR count). The minimum absolute atomic E-state index is 0.701. The summed E-state index contributed by atoms with van der Waals surface area (Å²) in [6.45, 7) is 2.26. The lowest BCUT2D eigenvalue weighted by atomic mass is 9.92. The van der Waals surface area contributed by atoms with Crippen LogP contribution in [0, 0.1) is 5.92 Å². The van der Waals surface area contributed by atoms with E-state index in [4.69, 9.17) is 9.47 Å². The summed E-state index contributed by atoms with van der Waals surface area (Å²) in [6, 6.07) is 4.23. The molecule has 19 heavy (non-hydrogen) atoms. The van der Waals surface area contributed by atoms with Gasteiger partial charge in [-0.1, -0.05) is 0 Å². The minimum Gasteiger partial charge on any atom is -0.496 e. The molecule has 1 aromatic carbocycles. The number of hydrogen-bond donors (Lipinski definition) is 1. The first-order valence-electron chi connectivity index (χ1n) is 6.78. The molecule has 1 fully saturated rings. The largest absolute Gasteiger partial charge is 0.496 e. The van der Waals surface area contributed by atoms with Crippen LogP contribution in [-0.4, -0.2) is 33.6 Å². The van der Waals surface area contributed by atoms with Crippen LogP contribution in [0.2, 0.25) is 0 Å². The van der Waals surface area contributed by atoms with E-state index < -0.39 is 0 Å². The Morgan fingerprint density at radius 3 is 2.63 bits per heavy atom. The number of hydrogen-bond acceptors (Lipinski definition) is 4. The van der Waals surface area contributed by atoms with E-state index in [0.717, 1.165) is 35.9 Å². The summed E-state index contributed by atoms with van der Waals surface area (Å²) in [5.74, 6) is 2.63. The van der Waals surface area contributed by atoms with Gasteiger partial charge in [-0.25, -0.2) is 0 Å². The SMILES string of the molecule is COc1cc(SC)c(OC)cc1CC1CCCNC1. The first-order valence-corrected chi connectivity index (χ1v) is 8.00. The van der Waals surface area contributed by atoms with Gasteiger partial charge in [0.15, 0.2) is 0 Å². The summed E-state index contributed by atoms with van der Waals surface area (Å²) in [5, 5.41) is 3.47. The van der Waals surface area contributed by atoms with Gasteiger partial charge in [0.25, 0.3) is 0 Å². The Labute approximate surface area is 120 Å². The number of nitrogens with one attached hydrogen (secondary N) is 1. The second kappa shape index (κ2) is 7.06. The van der Waals surface area contributed by atoms with Gasteiger partial charge in [-0.05, 0) is 62.2 Å². The maximum Gasteiger partial charge on any atom is 0.132 e. The van der Waals surface area contributed by atoms with Crippen LogP contribution < -0.4 is 14.8 Å². The summed E-state index contributed by atoms with van der Waals surface area (Å²) in [6.07, 6.45) is 5.68. The van der Waals surface area contributed by atoms with E-state index in [2.05, 4.69) is 23.7 Å². The summed E-state index contributed by atoms with van der Waals surface area (Å²) < 4.78 is 11.0. The normalized spacial score (nSPS) is 19.2. The van der Waals surface area contributed by atoms with E-state index >= 15 is 0 Å². The third kappa shape index (κ3) is 3.57. The lowest BCUT2D eigenvalue weighted by Crippen LogP contribution is -2.30. The quantitative estimate of drug-likeness (QED) is 0.841. The minimum atomic E-state index is 0.701. The van der Waals surface area contributed by atoms with E-state index in [0.29, 0.717) is 5.92 Å². The van der Waals surface area contributed by atoms with Crippen LogP contribution in [0.1, 0.15) is 18.4 Å². The van der Waals surface area contributed by atoms with Crippen molar-refractivity contribution < 1.29 is 9.47 Å². The smallest absolute Gasteiger partial charge is 0.132 e. The van der Waals surface area contributed by atoms with Crippen molar-refractivity contribution in [3.8, 4) is 11.5 Å². The van der Waals surface area contributed by atoms with Gasteiger partial charge in [-0.3, -0.25) is 0 Å². The molecule has 0 aliphatic carbocycles. The van der Waals surface area contributed by atoms with Crippen LogP contribution in [0.25, 0.3) is 0 Å². The van der Waals surface area contributed by atoms with Gasteiger partial charge in [-0.2, -0.15) is 0 Å². The van der Waals surface area contributed by atoms with Gasteiger partial charge in [0, 0.05) is 0 Å². The molecule has 0 radical (unpaired) electrons. The summed E-state index contributed by atoms with van der Waals surface area (Å²) >= 11 is 1.69. The predicted octanol–water partition coefficient (Wildman–Crippen LogP) is 2.97. The fourth-order valence-electron chi connectivity index (χ4n) is 2.66. The summed E-state index contributed by atoms with van der Waals surface area (Å²) in [5.41, 5.74) is 1.26. The molecule has 1 aliphatic rings. The number of piperidine rings is 1. The fraction of sp³-hybridized carbons (Fsp3) is 0.600. The first kappa shape index (κ1) is 14.5. The molecule has 0 amide bonds. The first-order chi connectivity index (χ1) is 9.28. The van der Waals surface area contributed by atoms with Crippen molar-refractivity contribution in [2.45, 2.75) is 24.2 Å². The number of ether oxygens (including phenoxy) is 2. The predicted molar refractivity (Wildman–Crippen MR) is 80.6 cm³/mol. The van der Waals surface area contributed by atoms with Gasteiger partial charge < -0.3 is 14.8 Å². The van der Waals surface area contributed by atoms with E-state index in [-0.39, 0.29) is 0 Å². The van der Waals surface area contributed by atoms with E-state index in [9.17, 15) is 0 Å². The van der Waals surface area contributed by atoms with Crippen molar-refractivity contribution in [1.29, 1.82) is 0 Å². The molecule has 0 bridgehead atoms. The highest BCUT2D eigenvalue weighted by atomic mass is 32.2. The molecule has 1 saturated heterocycles. The Balaban J connectivity index is 2.21. The fourth-order valence-corrected chi connectivity index (χ4v) is 3.23. The second-order valence-corrected chi connectivity index (χ2v) is 5.78. The van der Waals surface area contributed by atoms with Crippen LogP contribution in [0.4, 0.5) is 0 Å². The average molecular weight is 281 g/mol. The Bertz CT molecular complexity index is 417. The van der Waals surface area contributed by atoms with Crippen molar-refractivity contribution in [3.05, 3.63) is 17.7 Å². The number of benzene rings is 1. The highest BCUT2D eigenvalue weighted by molar-refractivity contribution is 7.98. The third-order valence-corrected chi connectivity index (χ3v) is 4.45. The summed E-state index contributed by atoms with van der Waals surface area (Å²) in [7, 11) is 3.47. The standard InChI is InChI=1S/C15H23NO2S/c1-17-13-9-15(19-3)14(18-2)8-12(13)7-11-5-4-6-16-10-11/h8-9,11,16H,4-7,10H2,1-3H3. The molecule has 0 aromatic heterocycles. The third-order valence-electron chi connectivity index (χ3n) is 3.69. The van der Waals surface area contributed by atoms with Crippen LogP contribution in [0.15, 0.2) is 17.0 Å². The van der Waals surface area contributed by atoms with Gasteiger partial charge in [0.1, 0.15) is 11.5 Å². The Hall–Kier alpha value is -0.870. The van der Waals surface area contributed by atoms with Gasteiger partial charge in [0.2, 0.25) is 0 Å². The van der Waals surface area contributed by atoms with Crippen LogP contribution in [0.5, 0.6) is 11.5 Å². The second-order valence-electron chi connectivity index (χ2n) is 4.94. The molecule has 1 aliphatic heterocycles. The zero-order chi connectivity index (χ0) is 13.7. The monoisotopic (exact) mass is 281 g/mol. The lowest BCUT2D eigenvalue weighted by molar-refractivity contribution is 0.359. The van der Waals surface area contributed by atoms with Crippen molar-refractivity contribution >= 4 is 11.8 Å². The zero-order valence-corrected chi connectivity index (χ0v) is 12.8. The maximum atomic E-state index is 5.54. The van der Waals surface area contributed by atoms with E-state index in [1.807, 2.05) is 0 Å². The average Bonchev–Trinajstić information content (AvgIpc) is 2.47. The van der Waals surface area contributed by atoms with Crippen molar-refractivity contribution in [3.63, 3.8) is 0 Å². The topological polar surface area (TPSA) is 30.5 Å². The highest BCUT2D eigenvalue weighted by Gasteiger charge is 2.17. The van der Waals surface area contributed by atoms with Crippen molar-refractivity contribution in [2.24, 2.45) is 5.92 Å². The van der Waals surface area contributed by atoms with Gasteiger partial charge in [-0.15, -0.1) is 11.8 Å². The maximum absolute atomic E-state index is 5.54. The van der Waals surface area contributed by atoms with E-state index in [1.54, 1.807) is 26.0 Å². The number of thioether (sulfide) groups is 1. The molecule has 1 atom stereocenters. The highest BCUT2D eigenvalue weighted by Crippen LogP contribution is 2.36. The molecular weight excluding hydrogens is 258 g/mol.